The van der Waals surface area contributed by atoms with Crippen LogP contribution >= 0.6 is 0 Å². The Morgan fingerprint density at radius 3 is 3.10 bits per heavy atom. The molecule has 1 amide bonds. The second-order valence-electron chi connectivity index (χ2n) is 7.01. The van der Waals surface area contributed by atoms with Gasteiger partial charge in [0.1, 0.15) is 24.4 Å². The molecule has 0 spiro atoms. The average Bonchev–Trinajstić information content (AvgIpc) is 3.39. The highest BCUT2D eigenvalue weighted by Crippen LogP contribution is 2.23. The SMILES string of the molecule is CCC(=O)N1CCC(Nc2ncnc3[nH]c(C#CCOc4ccccc4F)cc23)C1. The van der Waals surface area contributed by atoms with Gasteiger partial charge in [-0.2, -0.15) is 0 Å². The molecule has 7 nitrogen and oxygen atoms in total. The molecule has 154 valence electrons. The van der Waals surface area contributed by atoms with Gasteiger partial charge in [-0.1, -0.05) is 25.0 Å². The van der Waals surface area contributed by atoms with E-state index in [4.69, 9.17) is 4.74 Å². The molecule has 3 heterocycles. The summed E-state index contributed by atoms with van der Waals surface area (Å²) in [5.74, 6) is 6.49. The van der Waals surface area contributed by atoms with E-state index < -0.39 is 5.82 Å². The number of aromatic nitrogens is 3. The van der Waals surface area contributed by atoms with E-state index in [9.17, 15) is 9.18 Å². The van der Waals surface area contributed by atoms with Gasteiger partial charge in [0.25, 0.3) is 0 Å². The summed E-state index contributed by atoms with van der Waals surface area (Å²) in [7, 11) is 0. The molecule has 0 bridgehead atoms. The Balaban J connectivity index is 1.43. The van der Waals surface area contributed by atoms with Gasteiger partial charge in [-0.3, -0.25) is 4.79 Å². The quantitative estimate of drug-likeness (QED) is 0.636. The number of anilines is 1. The van der Waals surface area contributed by atoms with E-state index in [0.717, 1.165) is 18.4 Å². The Morgan fingerprint density at radius 2 is 2.27 bits per heavy atom. The van der Waals surface area contributed by atoms with Crippen molar-refractivity contribution in [3.05, 3.63) is 48.2 Å². The zero-order valence-corrected chi connectivity index (χ0v) is 16.6. The molecule has 30 heavy (non-hydrogen) atoms. The summed E-state index contributed by atoms with van der Waals surface area (Å²) in [6.07, 6.45) is 2.89. The number of carbonyl (C=O) groups excluding carboxylic acids is 1. The molecule has 2 N–H and O–H groups in total. The molecule has 1 fully saturated rings. The number of hydrogen-bond donors (Lipinski definition) is 2. The van der Waals surface area contributed by atoms with Crippen molar-refractivity contribution in [1.82, 2.24) is 19.9 Å². The first-order chi connectivity index (χ1) is 14.6. The highest BCUT2D eigenvalue weighted by atomic mass is 19.1. The summed E-state index contributed by atoms with van der Waals surface area (Å²) in [5.41, 5.74) is 1.34. The third-order valence-electron chi connectivity index (χ3n) is 4.97. The molecular formula is C22H22FN5O2. The van der Waals surface area contributed by atoms with Gasteiger partial charge >= 0.3 is 0 Å². The number of hydrogen-bond acceptors (Lipinski definition) is 5. The first-order valence-electron chi connectivity index (χ1n) is 9.88. The smallest absolute Gasteiger partial charge is 0.222 e. The fourth-order valence-corrected chi connectivity index (χ4v) is 3.45. The van der Waals surface area contributed by atoms with Crippen molar-refractivity contribution < 1.29 is 13.9 Å². The minimum Gasteiger partial charge on any atom is -0.478 e. The third kappa shape index (κ3) is 4.35. The first-order valence-corrected chi connectivity index (χ1v) is 9.88. The Kier molecular flexibility index (Phi) is 5.80. The topological polar surface area (TPSA) is 83.1 Å². The predicted octanol–water partition coefficient (Wildman–Crippen LogP) is 2.95. The minimum absolute atomic E-state index is 0.0659. The number of carbonyl (C=O) groups is 1. The van der Waals surface area contributed by atoms with Crippen LogP contribution in [0.1, 0.15) is 25.5 Å². The highest BCUT2D eigenvalue weighted by molar-refractivity contribution is 5.88. The minimum atomic E-state index is -0.415. The van der Waals surface area contributed by atoms with Crippen LogP contribution in [0.4, 0.5) is 10.2 Å². The molecule has 1 unspecified atom stereocenters. The maximum Gasteiger partial charge on any atom is 0.222 e. The maximum absolute atomic E-state index is 13.6. The number of rotatable bonds is 5. The predicted molar refractivity (Wildman–Crippen MR) is 112 cm³/mol. The van der Waals surface area contributed by atoms with Gasteiger partial charge in [-0.15, -0.1) is 0 Å². The second kappa shape index (κ2) is 8.82. The van der Waals surface area contributed by atoms with Gasteiger partial charge in [0, 0.05) is 25.6 Å². The molecule has 0 aliphatic carbocycles. The highest BCUT2D eigenvalue weighted by Gasteiger charge is 2.25. The van der Waals surface area contributed by atoms with Crippen molar-refractivity contribution in [1.29, 1.82) is 0 Å². The Morgan fingerprint density at radius 1 is 1.40 bits per heavy atom. The fourth-order valence-electron chi connectivity index (χ4n) is 3.45. The number of nitrogens with zero attached hydrogens (tertiary/aromatic N) is 3. The summed E-state index contributed by atoms with van der Waals surface area (Å²) >= 11 is 0. The number of para-hydroxylation sites is 1. The van der Waals surface area contributed by atoms with Crippen LogP contribution in [0.5, 0.6) is 5.75 Å². The molecule has 8 heteroatoms. The number of likely N-dealkylation sites (tertiary alicyclic amines) is 1. The van der Waals surface area contributed by atoms with Crippen LogP contribution in [0.2, 0.25) is 0 Å². The molecule has 0 radical (unpaired) electrons. The lowest BCUT2D eigenvalue weighted by atomic mass is 10.2. The third-order valence-corrected chi connectivity index (χ3v) is 4.97. The van der Waals surface area contributed by atoms with E-state index >= 15 is 0 Å². The van der Waals surface area contributed by atoms with Crippen LogP contribution in [-0.2, 0) is 4.79 Å². The Hall–Kier alpha value is -3.60. The molecule has 1 aliphatic heterocycles. The molecule has 4 rings (SSSR count). The zero-order valence-electron chi connectivity index (χ0n) is 16.6. The summed E-state index contributed by atoms with van der Waals surface area (Å²) in [6.45, 7) is 3.37. The van der Waals surface area contributed by atoms with Gasteiger partial charge in [0.15, 0.2) is 11.6 Å². The van der Waals surface area contributed by atoms with Crippen molar-refractivity contribution in [3.63, 3.8) is 0 Å². The fraction of sp³-hybridized carbons (Fsp3) is 0.318. The van der Waals surface area contributed by atoms with Crippen LogP contribution in [0, 0.1) is 17.7 Å². The van der Waals surface area contributed by atoms with Crippen molar-refractivity contribution in [3.8, 4) is 17.6 Å². The van der Waals surface area contributed by atoms with E-state index in [1.807, 2.05) is 17.9 Å². The number of fused-ring (bicyclic) bond motifs is 1. The van der Waals surface area contributed by atoms with Gasteiger partial charge < -0.3 is 19.9 Å². The van der Waals surface area contributed by atoms with E-state index in [1.165, 1.54) is 12.4 Å². The average molecular weight is 407 g/mol. The number of benzene rings is 1. The number of H-pyrrole nitrogens is 1. The van der Waals surface area contributed by atoms with Crippen LogP contribution < -0.4 is 10.1 Å². The molecule has 1 aromatic carbocycles. The molecular weight excluding hydrogens is 385 g/mol. The van der Waals surface area contributed by atoms with E-state index in [2.05, 4.69) is 32.1 Å². The normalized spacial score (nSPS) is 15.7. The molecule has 0 saturated carbocycles. The van der Waals surface area contributed by atoms with Crippen molar-refractivity contribution in [2.45, 2.75) is 25.8 Å². The van der Waals surface area contributed by atoms with Crippen LogP contribution in [0.15, 0.2) is 36.7 Å². The number of nitrogens with one attached hydrogen (secondary N) is 2. The number of ether oxygens (including phenoxy) is 1. The lowest BCUT2D eigenvalue weighted by molar-refractivity contribution is -0.129. The van der Waals surface area contributed by atoms with E-state index in [0.29, 0.717) is 30.1 Å². The van der Waals surface area contributed by atoms with Gasteiger partial charge in [0.2, 0.25) is 5.91 Å². The summed E-state index contributed by atoms with van der Waals surface area (Å²) in [5, 5.41) is 4.25. The molecule has 1 saturated heterocycles. The number of aromatic amines is 1. The summed E-state index contributed by atoms with van der Waals surface area (Å²) in [4.78, 5) is 25.5. The van der Waals surface area contributed by atoms with Gasteiger partial charge in [0.05, 0.1) is 11.1 Å². The van der Waals surface area contributed by atoms with Crippen molar-refractivity contribution in [2.75, 3.05) is 25.0 Å². The first kappa shape index (κ1) is 19.7. The van der Waals surface area contributed by atoms with Crippen molar-refractivity contribution >= 4 is 22.8 Å². The van der Waals surface area contributed by atoms with Crippen LogP contribution in [0.25, 0.3) is 11.0 Å². The number of halogens is 1. The van der Waals surface area contributed by atoms with Crippen LogP contribution in [0.3, 0.4) is 0 Å². The lowest BCUT2D eigenvalue weighted by Crippen LogP contribution is -2.31. The monoisotopic (exact) mass is 407 g/mol. The lowest BCUT2D eigenvalue weighted by Gasteiger charge is -2.16. The van der Waals surface area contributed by atoms with Gasteiger partial charge in [-0.25, -0.2) is 14.4 Å². The Bertz CT molecular complexity index is 1120. The molecule has 2 aromatic heterocycles. The zero-order chi connectivity index (χ0) is 20.9. The molecule has 1 aliphatic rings. The van der Waals surface area contributed by atoms with Crippen molar-refractivity contribution in [2.24, 2.45) is 0 Å². The second-order valence-corrected chi connectivity index (χ2v) is 7.01. The van der Waals surface area contributed by atoms with E-state index in [1.54, 1.807) is 18.2 Å². The summed E-state index contributed by atoms with van der Waals surface area (Å²) in [6, 6.07) is 8.24. The summed E-state index contributed by atoms with van der Waals surface area (Å²) < 4.78 is 18.9. The molecule has 3 aromatic rings. The standard InChI is InChI=1S/C22H22FN5O2/c1-2-20(29)28-10-9-16(13-28)27-22-17-12-15(26-21(17)24-14-25-22)6-5-11-30-19-8-4-3-7-18(19)23/h3-4,7-8,12,14,16H,2,9-11,13H2,1H3,(H2,24,25,26,27). The Labute approximate surface area is 173 Å². The van der Waals surface area contributed by atoms with E-state index in [-0.39, 0.29) is 24.3 Å². The molecule has 1 atom stereocenters. The number of amides is 1. The largest absolute Gasteiger partial charge is 0.478 e. The maximum atomic E-state index is 13.6. The van der Waals surface area contributed by atoms with Gasteiger partial charge in [-0.05, 0) is 30.5 Å². The van der Waals surface area contributed by atoms with Crippen LogP contribution in [-0.4, -0.2) is 51.5 Å².